The van der Waals surface area contributed by atoms with Crippen LogP contribution in [0.5, 0.6) is 0 Å². The van der Waals surface area contributed by atoms with Crippen LogP contribution in [0.3, 0.4) is 0 Å². The first-order valence-electron chi connectivity index (χ1n) is 16.5. The summed E-state index contributed by atoms with van der Waals surface area (Å²) in [4.78, 5) is 69.0. The van der Waals surface area contributed by atoms with Crippen molar-refractivity contribution in [2.24, 2.45) is 5.92 Å². The Kier molecular flexibility index (Phi) is 18.1. The highest BCUT2D eigenvalue weighted by molar-refractivity contribution is 6.39. The van der Waals surface area contributed by atoms with Crippen molar-refractivity contribution in [2.75, 3.05) is 19.8 Å². The number of hydrogen-bond donors (Lipinski definition) is 0. The molecule has 0 aliphatic heterocycles. The molecule has 49 heavy (non-hydrogen) atoms. The number of halogens is 2. The number of allylic oxidation sites excluding steroid dienone is 2. The SMILES string of the molecule is CCOC(=O)C(=O)C1CCCC/C(=C\c2ccc(F)cc2)C1=O.CCOC(=O)C(=O)OCC.O=C1CCCCC/C1=C\c1ccc(F)cc1. The molecule has 4 rings (SSSR count). The van der Waals surface area contributed by atoms with E-state index in [1.807, 2.05) is 6.08 Å². The molecule has 0 radical (unpaired) electrons. The van der Waals surface area contributed by atoms with Crippen LogP contribution >= 0.6 is 0 Å². The van der Waals surface area contributed by atoms with E-state index in [0.29, 0.717) is 36.8 Å². The second kappa shape index (κ2) is 22.0. The van der Waals surface area contributed by atoms with Crippen LogP contribution in [0.25, 0.3) is 12.2 Å². The Balaban J connectivity index is 0.000000278. The molecule has 11 heteroatoms. The van der Waals surface area contributed by atoms with Crippen molar-refractivity contribution in [1.29, 1.82) is 0 Å². The summed E-state index contributed by atoms with van der Waals surface area (Å²) in [6.07, 6.45) is 10.7. The van der Waals surface area contributed by atoms with E-state index in [2.05, 4.69) is 9.47 Å². The minimum atomic E-state index is -0.969. The van der Waals surface area contributed by atoms with Crippen LogP contribution in [0.4, 0.5) is 8.78 Å². The Bertz CT molecular complexity index is 1480. The van der Waals surface area contributed by atoms with Gasteiger partial charge in [0.05, 0.1) is 25.7 Å². The second-order valence-electron chi connectivity index (χ2n) is 11.1. The third-order valence-corrected chi connectivity index (χ3v) is 7.46. The van der Waals surface area contributed by atoms with E-state index >= 15 is 0 Å². The number of ether oxygens (including phenoxy) is 3. The molecular weight excluding hydrogens is 638 g/mol. The lowest BCUT2D eigenvalue weighted by molar-refractivity contribution is -0.167. The van der Waals surface area contributed by atoms with Gasteiger partial charge in [-0.1, -0.05) is 37.1 Å². The zero-order valence-electron chi connectivity index (χ0n) is 28.3. The van der Waals surface area contributed by atoms with Crippen molar-refractivity contribution in [2.45, 2.75) is 78.6 Å². The summed E-state index contributed by atoms with van der Waals surface area (Å²) in [5, 5.41) is 0. The molecule has 9 nitrogen and oxygen atoms in total. The Morgan fingerprint density at radius 3 is 1.55 bits per heavy atom. The molecular formula is C38H44F2O9. The first kappa shape index (κ1) is 40.4. The number of Topliss-reactive ketones (excluding diaryl/α,β-unsaturated/α-hetero) is 3. The number of carbonyl (C=O) groups excluding carboxylic acids is 6. The molecule has 2 aliphatic carbocycles. The van der Waals surface area contributed by atoms with Gasteiger partial charge < -0.3 is 14.2 Å². The largest absolute Gasteiger partial charge is 0.460 e. The molecule has 2 fully saturated rings. The Labute approximate surface area is 285 Å². The van der Waals surface area contributed by atoms with Gasteiger partial charge in [0.25, 0.3) is 5.78 Å². The summed E-state index contributed by atoms with van der Waals surface area (Å²) in [6, 6.07) is 12.0. The van der Waals surface area contributed by atoms with Crippen LogP contribution in [-0.2, 0) is 43.0 Å². The van der Waals surface area contributed by atoms with Crippen molar-refractivity contribution in [3.05, 3.63) is 82.4 Å². The van der Waals surface area contributed by atoms with E-state index in [4.69, 9.17) is 4.74 Å². The monoisotopic (exact) mass is 682 g/mol. The van der Waals surface area contributed by atoms with Gasteiger partial charge in [-0.15, -0.1) is 0 Å². The van der Waals surface area contributed by atoms with Gasteiger partial charge in [0.15, 0.2) is 11.6 Å². The molecule has 264 valence electrons. The highest BCUT2D eigenvalue weighted by Gasteiger charge is 2.35. The lowest BCUT2D eigenvalue weighted by Gasteiger charge is -2.12. The summed E-state index contributed by atoms with van der Waals surface area (Å²) in [6.45, 7) is 5.34. The lowest BCUT2D eigenvalue weighted by atomic mass is 9.91. The van der Waals surface area contributed by atoms with E-state index in [1.165, 1.54) is 24.3 Å². The van der Waals surface area contributed by atoms with Crippen LogP contribution < -0.4 is 0 Å². The molecule has 2 aromatic carbocycles. The third-order valence-electron chi connectivity index (χ3n) is 7.46. The first-order chi connectivity index (χ1) is 23.5. The molecule has 0 aromatic heterocycles. The van der Waals surface area contributed by atoms with Gasteiger partial charge in [0, 0.05) is 6.42 Å². The van der Waals surface area contributed by atoms with Gasteiger partial charge in [0.2, 0.25) is 0 Å². The number of carbonyl (C=O) groups is 6. The number of benzene rings is 2. The minimum absolute atomic E-state index is 0.101. The van der Waals surface area contributed by atoms with Crippen molar-refractivity contribution >= 4 is 47.4 Å². The highest BCUT2D eigenvalue weighted by atomic mass is 19.1. The zero-order valence-corrected chi connectivity index (χ0v) is 28.3. The van der Waals surface area contributed by atoms with E-state index in [9.17, 15) is 37.5 Å². The third kappa shape index (κ3) is 14.5. The summed E-state index contributed by atoms with van der Waals surface area (Å²) in [7, 11) is 0. The van der Waals surface area contributed by atoms with Crippen LogP contribution in [0.15, 0.2) is 59.7 Å². The quantitative estimate of drug-likeness (QED) is 0.0760. The molecule has 0 spiro atoms. The predicted molar refractivity (Wildman–Crippen MR) is 179 cm³/mol. The number of esters is 3. The maximum Gasteiger partial charge on any atom is 0.417 e. The smallest absolute Gasteiger partial charge is 0.417 e. The molecule has 0 N–H and O–H groups in total. The fourth-order valence-electron chi connectivity index (χ4n) is 5.01. The Hall–Kier alpha value is -4.80. The average molecular weight is 683 g/mol. The van der Waals surface area contributed by atoms with Crippen LogP contribution in [0.2, 0.25) is 0 Å². The van der Waals surface area contributed by atoms with Gasteiger partial charge in [-0.05, 0) is 118 Å². The molecule has 2 aliphatic rings. The van der Waals surface area contributed by atoms with E-state index in [0.717, 1.165) is 43.2 Å². The molecule has 1 atom stereocenters. The lowest BCUT2D eigenvalue weighted by Crippen LogP contribution is -2.31. The first-order valence-corrected chi connectivity index (χ1v) is 16.5. The van der Waals surface area contributed by atoms with Crippen molar-refractivity contribution in [1.82, 2.24) is 0 Å². The molecule has 2 saturated carbocycles. The average Bonchev–Trinajstić information content (AvgIpc) is 3.40. The van der Waals surface area contributed by atoms with Gasteiger partial charge in [-0.2, -0.15) is 0 Å². The fourth-order valence-corrected chi connectivity index (χ4v) is 5.01. The summed E-state index contributed by atoms with van der Waals surface area (Å²) < 4.78 is 39.1. The summed E-state index contributed by atoms with van der Waals surface area (Å²) in [5.41, 5.74) is 2.99. The Morgan fingerprint density at radius 1 is 0.612 bits per heavy atom. The maximum atomic E-state index is 13.0. The molecule has 0 heterocycles. The van der Waals surface area contributed by atoms with Gasteiger partial charge in [-0.25, -0.2) is 23.2 Å². The van der Waals surface area contributed by atoms with Crippen LogP contribution in [0.1, 0.15) is 89.7 Å². The number of hydrogen-bond acceptors (Lipinski definition) is 9. The molecule has 0 amide bonds. The zero-order chi connectivity index (χ0) is 36.2. The second-order valence-corrected chi connectivity index (χ2v) is 11.1. The normalized spacial score (nSPS) is 17.7. The molecule has 0 bridgehead atoms. The predicted octanol–water partition coefficient (Wildman–Crippen LogP) is 6.96. The van der Waals surface area contributed by atoms with Crippen molar-refractivity contribution < 1.29 is 51.8 Å². The molecule has 1 unspecified atom stereocenters. The fraction of sp³-hybridized carbons (Fsp3) is 0.421. The highest BCUT2D eigenvalue weighted by Crippen LogP contribution is 2.27. The van der Waals surface area contributed by atoms with Crippen LogP contribution in [-0.4, -0.2) is 55.1 Å². The van der Waals surface area contributed by atoms with E-state index in [1.54, 1.807) is 51.1 Å². The molecule has 2 aromatic rings. The van der Waals surface area contributed by atoms with Gasteiger partial charge in [0.1, 0.15) is 11.6 Å². The Morgan fingerprint density at radius 2 is 1.04 bits per heavy atom. The summed E-state index contributed by atoms with van der Waals surface area (Å²) in [5.74, 6) is -5.22. The number of ketones is 3. The maximum absolute atomic E-state index is 13.0. The standard InChI is InChI=1S/C18H19FO4.C14H15FO.C6H10O4/c1-2-23-18(22)17(21)15-6-4-3-5-13(16(15)20)11-12-7-9-14(19)10-8-12;15-13-8-6-11(7-9-13)10-12-4-2-1-3-5-14(12)16;1-3-9-5(7)6(8)10-4-2/h7-11,15H,2-6H2,1H3;6-10H,1-5H2;3-4H2,1-2H3/b13-11+;12-10+;. The van der Waals surface area contributed by atoms with E-state index in [-0.39, 0.29) is 43.0 Å². The minimum Gasteiger partial charge on any atom is -0.460 e. The summed E-state index contributed by atoms with van der Waals surface area (Å²) >= 11 is 0. The van der Waals surface area contributed by atoms with Crippen LogP contribution in [0, 0.1) is 17.6 Å². The van der Waals surface area contributed by atoms with Gasteiger partial charge in [-0.3, -0.25) is 14.4 Å². The van der Waals surface area contributed by atoms with Crippen molar-refractivity contribution in [3.63, 3.8) is 0 Å². The number of rotatable bonds is 7. The van der Waals surface area contributed by atoms with E-state index < -0.39 is 29.6 Å². The molecule has 0 saturated heterocycles. The van der Waals surface area contributed by atoms with Crippen molar-refractivity contribution in [3.8, 4) is 0 Å². The topological polar surface area (TPSA) is 130 Å². The van der Waals surface area contributed by atoms with Gasteiger partial charge >= 0.3 is 17.9 Å².